The second-order valence-electron chi connectivity index (χ2n) is 8.73. The molecule has 162 valence electrons. The average molecular weight is 429 g/mol. The molecule has 2 aromatic rings. The number of carbonyl (C=O) groups excluding carboxylic acids is 1. The van der Waals surface area contributed by atoms with Crippen molar-refractivity contribution >= 4 is 26.7 Å². The number of carbonyl (C=O) groups is 1. The predicted molar refractivity (Wildman–Crippen MR) is 120 cm³/mol. The van der Waals surface area contributed by atoms with Gasteiger partial charge >= 0.3 is 0 Å². The van der Waals surface area contributed by atoms with E-state index in [4.69, 9.17) is 0 Å². The summed E-state index contributed by atoms with van der Waals surface area (Å²) in [6.45, 7) is 2.52. The summed E-state index contributed by atoms with van der Waals surface area (Å²) in [5, 5.41) is 5.11. The summed E-state index contributed by atoms with van der Waals surface area (Å²) < 4.78 is 28.6. The van der Waals surface area contributed by atoms with Crippen LogP contribution >= 0.6 is 0 Å². The maximum absolute atomic E-state index is 13.5. The third kappa shape index (κ3) is 4.54. The lowest BCUT2D eigenvalue weighted by Crippen LogP contribution is -2.40. The largest absolute Gasteiger partial charge is 0.353 e. The molecule has 2 aromatic carbocycles. The molecule has 6 heteroatoms. The topological polar surface area (TPSA) is 66.5 Å². The van der Waals surface area contributed by atoms with Crippen LogP contribution in [-0.4, -0.2) is 37.3 Å². The van der Waals surface area contributed by atoms with Crippen LogP contribution in [0.4, 0.5) is 0 Å². The van der Waals surface area contributed by atoms with Crippen molar-refractivity contribution < 1.29 is 13.2 Å². The van der Waals surface area contributed by atoms with E-state index in [-0.39, 0.29) is 23.9 Å². The Morgan fingerprint density at radius 2 is 1.80 bits per heavy atom. The third-order valence-corrected chi connectivity index (χ3v) is 8.40. The minimum Gasteiger partial charge on any atom is -0.353 e. The fraction of sp³-hybridized carbons (Fsp3) is 0.542. The molecule has 2 aliphatic carbocycles. The fourth-order valence-corrected chi connectivity index (χ4v) is 6.32. The SMILES string of the molecule is CCCCN([C@@H]1C[C@H]1C(=O)NC1CCCCC1)S(=O)(=O)c1ccc2ccccc2c1. The quantitative estimate of drug-likeness (QED) is 0.675. The Bertz CT molecular complexity index is 998. The highest BCUT2D eigenvalue weighted by Gasteiger charge is 2.51. The van der Waals surface area contributed by atoms with E-state index in [9.17, 15) is 13.2 Å². The molecule has 0 radical (unpaired) electrons. The first kappa shape index (κ1) is 21.3. The Labute approximate surface area is 179 Å². The normalized spacial score (nSPS) is 22.3. The van der Waals surface area contributed by atoms with Gasteiger partial charge < -0.3 is 5.32 Å². The highest BCUT2D eigenvalue weighted by Crippen LogP contribution is 2.40. The van der Waals surface area contributed by atoms with Crippen LogP contribution in [0.2, 0.25) is 0 Å². The number of fused-ring (bicyclic) bond motifs is 1. The van der Waals surface area contributed by atoms with Crippen molar-refractivity contribution in [2.24, 2.45) is 5.92 Å². The van der Waals surface area contributed by atoms with Gasteiger partial charge in [0.15, 0.2) is 0 Å². The number of nitrogens with one attached hydrogen (secondary N) is 1. The van der Waals surface area contributed by atoms with Crippen molar-refractivity contribution in [3.05, 3.63) is 42.5 Å². The molecule has 0 heterocycles. The molecular formula is C24H32N2O3S. The first-order valence-corrected chi connectivity index (χ1v) is 12.8. The monoisotopic (exact) mass is 428 g/mol. The van der Waals surface area contributed by atoms with Crippen LogP contribution in [0, 0.1) is 5.92 Å². The standard InChI is InChI=1S/C24H32N2O3S/c1-2-3-15-26(23-17-22(23)24(27)25-20-11-5-4-6-12-20)30(28,29)21-14-13-18-9-7-8-10-19(18)16-21/h7-10,13-14,16,20,22-23H,2-6,11-12,15,17H2,1H3,(H,25,27)/t22-,23-/m1/s1. The molecule has 4 rings (SSSR count). The van der Waals surface area contributed by atoms with Crippen LogP contribution in [-0.2, 0) is 14.8 Å². The first-order chi connectivity index (χ1) is 14.5. The summed E-state index contributed by atoms with van der Waals surface area (Å²) in [6, 6.07) is 13.1. The second kappa shape index (κ2) is 9.06. The van der Waals surface area contributed by atoms with E-state index < -0.39 is 10.0 Å². The van der Waals surface area contributed by atoms with Crippen LogP contribution in [0.3, 0.4) is 0 Å². The summed E-state index contributed by atoms with van der Waals surface area (Å²) in [5.74, 6) is -0.193. The van der Waals surface area contributed by atoms with Crippen LogP contribution in [0.25, 0.3) is 10.8 Å². The molecule has 0 aliphatic heterocycles. The Morgan fingerprint density at radius 1 is 1.07 bits per heavy atom. The number of hydrogen-bond acceptors (Lipinski definition) is 3. The molecular weight excluding hydrogens is 396 g/mol. The highest BCUT2D eigenvalue weighted by atomic mass is 32.2. The minimum atomic E-state index is -3.65. The Morgan fingerprint density at radius 3 is 2.53 bits per heavy atom. The van der Waals surface area contributed by atoms with Gasteiger partial charge in [-0.1, -0.05) is 62.9 Å². The number of sulfonamides is 1. The molecule has 1 amide bonds. The van der Waals surface area contributed by atoms with Gasteiger partial charge in [-0.05, 0) is 48.6 Å². The zero-order valence-electron chi connectivity index (χ0n) is 17.7. The van der Waals surface area contributed by atoms with Crippen molar-refractivity contribution in [3.63, 3.8) is 0 Å². The van der Waals surface area contributed by atoms with E-state index in [0.29, 0.717) is 17.9 Å². The van der Waals surface area contributed by atoms with Gasteiger partial charge in [0.05, 0.1) is 10.8 Å². The molecule has 2 atom stereocenters. The van der Waals surface area contributed by atoms with E-state index in [0.717, 1.165) is 49.3 Å². The van der Waals surface area contributed by atoms with E-state index in [2.05, 4.69) is 12.2 Å². The van der Waals surface area contributed by atoms with Gasteiger partial charge in [-0.25, -0.2) is 8.42 Å². The number of benzene rings is 2. The van der Waals surface area contributed by atoms with Gasteiger partial charge in [-0.2, -0.15) is 4.31 Å². The summed E-state index contributed by atoms with van der Waals surface area (Å²) in [7, 11) is -3.65. The van der Waals surface area contributed by atoms with E-state index in [1.54, 1.807) is 16.4 Å². The van der Waals surface area contributed by atoms with E-state index >= 15 is 0 Å². The van der Waals surface area contributed by atoms with Crippen molar-refractivity contribution in [1.82, 2.24) is 9.62 Å². The summed E-state index contributed by atoms with van der Waals surface area (Å²) in [5.41, 5.74) is 0. The first-order valence-electron chi connectivity index (χ1n) is 11.3. The number of unbranched alkanes of at least 4 members (excludes halogenated alkanes) is 1. The zero-order chi connectivity index (χ0) is 21.1. The highest BCUT2D eigenvalue weighted by molar-refractivity contribution is 7.89. The molecule has 5 nitrogen and oxygen atoms in total. The molecule has 0 spiro atoms. The molecule has 1 N–H and O–H groups in total. The molecule has 0 saturated heterocycles. The number of hydrogen-bond donors (Lipinski definition) is 1. The van der Waals surface area contributed by atoms with Gasteiger partial charge in [-0.15, -0.1) is 0 Å². The van der Waals surface area contributed by atoms with Crippen molar-refractivity contribution in [2.45, 2.75) is 75.3 Å². The van der Waals surface area contributed by atoms with Gasteiger partial charge in [-0.3, -0.25) is 4.79 Å². The molecule has 2 aliphatic rings. The van der Waals surface area contributed by atoms with E-state index in [1.807, 2.05) is 30.3 Å². The van der Waals surface area contributed by atoms with Crippen molar-refractivity contribution in [3.8, 4) is 0 Å². The lowest BCUT2D eigenvalue weighted by Gasteiger charge is -2.24. The zero-order valence-corrected chi connectivity index (χ0v) is 18.5. The minimum absolute atomic E-state index is 0.0297. The molecule has 2 fully saturated rings. The second-order valence-corrected chi connectivity index (χ2v) is 10.6. The Balaban J connectivity index is 1.52. The number of nitrogens with zero attached hydrogens (tertiary/aromatic N) is 1. The van der Waals surface area contributed by atoms with Crippen LogP contribution < -0.4 is 5.32 Å². The average Bonchev–Trinajstić information content (AvgIpc) is 3.55. The van der Waals surface area contributed by atoms with Crippen LogP contribution in [0.15, 0.2) is 47.4 Å². The maximum Gasteiger partial charge on any atom is 0.243 e. The molecule has 2 saturated carbocycles. The van der Waals surface area contributed by atoms with Gasteiger partial charge in [0.25, 0.3) is 0 Å². The summed E-state index contributed by atoms with van der Waals surface area (Å²) in [4.78, 5) is 13.1. The summed E-state index contributed by atoms with van der Waals surface area (Å²) >= 11 is 0. The smallest absolute Gasteiger partial charge is 0.243 e. The third-order valence-electron chi connectivity index (χ3n) is 6.47. The van der Waals surface area contributed by atoms with Crippen LogP contribution in [0.1, 0.15) is 58.3 Å². The molecule has 30 heavy (non-hydrogen) atoms. The van der Waals surface area contributed by atoms with Gasteiger partial charge in [0, 0.05) is 18.6 Å². The Kier molecular flexibility index (Phi) is 6.44. The maximum atomic E-state index is 13.5. The lowest BCUT2D eigenvalue weighted by atomic mass is 9.95. The van der Waals surface area contributed by atoms with Crippen molar-refractivity contribution in [1.29, 1.82) is 0 Å². The molecule has 0 aromatic heterocycles. The predicted octanol–water partition coefficient (Wildman–Crippen LogP) is 4.47. The number of amides is 1. The lowest BCUT2D eigenvalue weighted by molar-refractivity contribution is -0.123. The molecule has 0 bridgehead atoms. The van der Waals surface area contributed by atoms with Crippen molar-refractivity contribution in [2.75, 3.05) is 6.54 Å². The fourth-order valence-electron chi connectivity index (χ4n) is 4.58. The number of rotatable bonds is 8. The van der Waals surface area contributed by atoms with Crippen LogP contribution in [0.5, 0.6) is 0 Å². The van der Waals surface area contributed by atoms with E-state index in [1.165, 1.54) is 6.42 Å². The summed E-state index contributed by atoms with van der Waals surface area (Å²) in [6.07, 6.45) is 7.98. The molecule has 0 unspecified atom stereocenters. The van der Waals surface area contributed by atoms with Gasteiger partial charge in [0.1, 0.15) is 0 Å². The Hall–Kier alpha value is -1.92. The van der Waals surface area contributed by atoms with Gasteiger partial charge in [0.2, 0.25) is 15.9 Å².